The molecule has 8 nitrogen and oxygen atoms in total. The Morgan fingerprint density at radius 1 is 1.03 bits per heavy atom. The number of hydrogen-bond acceptors (Lipinski definition) is 6. The SMILES string of the molecule is CC(=O)Oc1ccc(Br)cc1C1=NN(C(C)=O)C(c2ccc(NC(=O)c3cccc(C)c3)cc2)O1. The van der Waals surface area contributed by atoms with Gasteiger partial charge in [-0.1, -0.05) is 45.8 Å². The smallest absolute Gasteiger partial charge is 0.308 e. The second kappa shape index (κ2) is 10.1. The van der Waals surface area contributed by atoms with Crippen LogP contribution in [0.15, 0.2) is 76.3 Å². The third-order valence-electron chi connectivity index (χ3n) is 5.13. The Labute approximate surface area is 210 Å². The number of ether oxygens (including phenoxy) is 2. The molecule has 0 saturated carbocycles. The highest BCUT2D eigenvalue weighted by Crippen LogP contribution is 2.34. The predicted octanol–water partition coefficient (Wildman–Crippen LogP) is 5.17. The average Bonchev–Trinajstić information content (AvgIpc) is 3.26. The van der Waals surface area contributed by atoms with Crippen molar-refractivity contribution >= 4 is 45.3 Å². The number of carbonyl (C=O) groups is 3. The summed E-state index contributed by atoms with van der Waals surface area (Å²) in [6.07, 6.45) is -0.826. The van der Waals surface area contributed by atoms with Crippen LogP contribution >= 0.6 is 15.9 Å². The van der Waals surface area contributed by atoms with Gasteiger partial charge in [0.25, 0.3) is 5.91 Å². The Morgan fingerprint density at radius 3 is 2.43 bits per heavy atom. The zero-order valence-electron chi connectivity index (χ0n) is 19.2. The van der Waals surface area contributed by atoms with E-state index in [1.807, 2.05) is 25.1 Å². The summed E-state index contributed by atoms with van der Waals surface area (Å²) < 4.78 is 12.0. The molecule has 0 spiro atoms. The summed E-state index contributed by atoms with van der Waals surface area (Å²) in [7, 11) is 0. The van der Waals surface area contributed by atoms with Crippen LogP contribution in [0.25, 0.3) is 0 Å². The van der Waals surface area contributed by atoms with Crippen molar-refractivity contribution in [3.8, 4) is 5.75 Å². The molecule has 0 bridgehead atoms. The first kappa shape index (κ1) is 24.2. The third-order valence-corrected chi connectivity index (χ3v) is 5.62. The highest BCUT2D eigenvalue weighted by Gasteiger charge is 2.34. The minimum Gasteiger partial charge on any atom is -0.446 e. The van der Waals surface area contributed by atoms with Crippen LogP contribution in [0, 0.1) is 6.92 Å². The van der Waals surface area contributed by atoms with Gasteiger partial charge >= 0.3 is 5.97 Å². The molecule has 3 aromatic carbocycles. The number of hydrazone groups is 1. The summed E-state index contributed by atoms with van der Waals surface area (Å²) in [4.78, 5) is 36.4. The van der Waals surface area contributed by atoms with Gasteiger partial charge in [0.05, 0.1) is 5.56 Å². The van der Waals surface area contributed by atoms with Crippen molar-refractivity contribution in [2.24, 2.45) is 5.10 Å². The number of aryl methyl sites for hydroxylation is 1. The van der Waals surface area contributed by atoms with Gasteiger partial charge in [0, 0.05) is 35.1 Å². The molecule has 2 amide bonds. The normalized spacial score (nSPS) is 14.7. The van der Waals surface area contributed by atoms with Gasteiger partial charge in [0.1, 0.15) is 5.75 Å². The van der Waals surface area contributed by atoms with Crippen molar-refractivity contribution in [2.75, 3.05) is 5.32 Å². The van der Waals surface area contributed by atoms with Crippen molar-refractivity contribution in [3.05, 3.63) is 93.5 Å². The molecule has 1 unspecified atom stereocenters. The van der Waals surface area contributed by atoms with Crippen LogP contribution in [0.4, 0.5) is 5.69 Å². The number of nitrogens with zero attached hydrogens (tertiary/aromatic N) is 2. The molecule has 1 aliphatic rings. The number of esters is 1. The van der Waals surface area contributed by atoms with Crippen LogP contribution in [-0.4, -0.2) is 28.7 Å². The number of rotatable bonds is 5. The lowest BCUT2D eigenvalue weighted by Crippen LogP contribution is -2.25. The van der Waals surface area contributed by atoms with Crippen LogP contribution in [0.3, 0.4) is 0 Å². The van der Waals surface area contributed by atoms with E-state index in [2.05, 4.69) is 26.3 Å². The first-order chi connectivity index (χ1) is 16.7. The first-order valence-electron chi connectivity index (χ1n) is 10.7. The van der Waals surface area contributed by atoms with Crippen molar-refractivity contribution in [1.82, 2.24) is 5.01 Å². The summed E-state index contributed by atoms with van der Waals surface area (Å²) in [5.74, 6) is -0.638. The maximum absolute atomic E-state index is 12.5. The zero-order valence-corrected chi connectivity index (χ0v) is 20.8. The number of nitrogens with one attached hydrogen (secondary N) is 1. The lowest BCUT2D eigenvalue weighted by molar-refractivity contribution is -0.135. The standard InChI is InChI=1S/C26H22BrN3O5/c1-15-5-4-6-19(13-15)24(33)28-21-10-7-18(8-11-21)26-30(16(2)31)29-25(35-26)22-14-20(27)9-12-23(22)34-17(3)32/h4-14,26H,1-3H3,(H,28,33). The predicted molar refractivity (Wildman–Crippen MR) is 134 cm³/mol. The average molecular weight is 536 g/mol. The van der Waals surface area contributed by atoms with Gasteiger partial charge < -0.3 is 14.8 Å². The van der Waals surface area contributed by atoms with E-state index < -0.39 is 12.2 Å². The Bertz CT molecular complexity index is 1340. The molecular weight excluding hydrogens is 514 g/mol. The van der Waals surface area contributed by atoms with E-state index in [-0.39, 0.29) is 23.5 Å². The maximum atomic E-state index is 12.5. The number of hydrogen-bond donors (Lipinski definition) is 1. The molecule has 1 atom stereocenters. The third kappa shape index (κ3) is 5.58. The van der Waals surface area contributed by atoms with Gasteiger partial charge in [0.2, 0.25) is 18.0 Å². The number of benzene rings is 3. The maximum Gasteiger partial charge on any atom is 0.308 e. The fourth-order valence-corrected chi connectivity index (χ4v) is 3.89. The van der Waals surface area contributed by atoms with Crippen LogP contribution < -0.4 is 10.1 Å². The summed E-state index contributed by atoms with van der Waals surface area (Å²) in [5, 5.41) is 8.42. The number of carbonyl (C=O) groups excluding carboxylic acids is 3. The van der Waals surface area contributed by atoms with Crippen LogP contribution in [0.2, 0.25) is 0 Å². The minimum absolute atomic E-state index is 0.138. The molecule has 1 N–H and O–H groups in total. The molecule has 35 heavy (non-hydrogen) atoms. The zero-order chi connectivity index (χ0) is 25.1. The lowest BCUT2D eigenvalue weighted by atomic mass is 10.1. The minimum atomic E-state index is -0.826. The Kier molecular flexibility index (Phi) is 6.97. The molecule has 0 radical (unpaired) electrons. The lowest BCUT2D eigenvalue weighted by Gasteiger charge is -2.19. The second-order valence-corrected chi connectivity index (χ2v) is 8.83. The van der Waals surface area contributed by atoms with Crippen molar-refractivity contribution < 1.29 is 23.9 Å². The molecule has 0 aliphatic carbocycles. The molecule has 0 aromatic heterocycles. The van der Waals surface area contributed by atoms with E-state index in [0.29, 0.717) is 22.4 Å². The monoisotopic (exact) mass is 535 g/mol. The molecule has 3 aromatic rings. The second-order valence-electron chi connectivity index (χ2n) is 7.92. The van der Waals surface area contributed by atoms with E-state index in [9.17, 15) is 14.4 Å². The number of amides is 2. The fraction of sp³-hybridized carbons (Fsp3) is 0.154. The summed E-state index contributed by atoms with van der Waals surface area (Å²) in [6, 6.07) is 19.3. The van der Waals surface area contributed by atoms with Crippen LogP contribution in [0.1, 0.15) is 47.1 Å². The molecular formula is C26H22BrN3O5. The molecule has 178 valence electrons. The van der Waals surface area contributed by atoms with E-state index in [4.69, 9.17) is 9.47 Å². The van der Waals surface area contributed by atoms with Gasteiger partial charge in [0.15, 0.2) is 0 Å². The van der Waals surface area contributed by atoms with Gasteiger partial charge in [-0.05, 0) is 49.4 Å². The Hall–Kier alpha value is -3.98. The van der Waals surface area contributed by atoms with Crippen LogP contribution in [-0.2, 0) is 14.3 Å². The van der Waals surface area contributed by atoms with E-state index in [1.54, 1.807) is 48.5 Å². The number of anilines is 1. The van der Waals surface area contributed by atoms with E-state index in [1.165, 1.54) is 18.9 Å². The van der Waals surface area contributed by atoms with Gasteiger partial charge in [-0.25, -0.2) is 0 Å². The largest absolute Gasteiger partial charge is 0.446 e. The van der Waals surface area contributed by atoms with E-state index >= 15 is 0 Å². The summed E-state index contributed by atoms with van der Waals surface area (Å²) in [6.45, 7) is 4.61. The van der Waals surface area contributed by atoms with Gasteiger partial charge in [-0.3, -0.25) is 14.4 Å². The van der Waals surface area contributed by atoms with Gasteiger partial charge in [-0.2, -0.15) is 5.01 Å². The van der Waals surface area contributed by atoms with Gasteiger partial charge in [-0.15, -0.1) is 5.10 Å². The summed E-state index contributed by atoms with van der Waals surface area (Å²) >= 11 is 3.40. The topological polar surface area (TPSA) is 97.3 Å². The molecule has 1 heterocycles. The van der Waals surface area contributed by atoms with Crippen LogP contribution in [0.5, 0.6) is 5.75 Å². The first-order valence-corrected chi connectivity index (χ1v) is 11.5. The number of halogens is 1. The molecule has 4 rings (SSSR count). The molecule has 0 saturated heterocycles. The summed E-state index contributed by atoms with van der Waals surface area (Å²) in [5.41, 5.74) is 3.22. The molecule has 9 heteroatoms. The Balaban J connectivity index is 1.56. The molecule has 1 aliphatic heterocycles. The van der Waals surface area contributed by atoms with Crippen molar-refractivity contribution in [3.63, 3.8) is 0 Å². The quantitative estimate of drug-likeness (QED) is 0.358. The highest BCUT2D eigenvalue weighted by atomic mass is 79.9. The Morgan fingerprint density at radius 2 is 1.77 bits per heavy atom. The van der Waals surface area contributed by atoms with Crippen molar-refractivity contribution in [2.45, 2.75) is 27.0 Å². The molecule has 0 fully saturated rings. The highest BCUT2D eigenvalue weighted by molar-refractivity contribution is 9.10. The van der Waals surface area contributed by atoms with E-state index in [0.717, 1.165) is 10.0 Å². The van der Waals surface area contributed by atoms with Crippen molar-refractivity contribution in [1.29, 1.82) is 0 Å². The fourth-order valence-electron chi connectivity index (χ4n) is 3.53.